The van der Waals surface area contributed by atoms with Gasteiger partial charge in [0.05, 0.1) is 0 Å². The fraction of sp³-hybridized carbons (Fsp3) is 0.263. The number of carbonyl (C=O) groups is 1. The van der Waals surface area contributed by atoms with Crippen LogP contribution in [0.3, 0.4) is 0 Å². The van der Waals surface area contributed by atoms with Gasteiger partial charge in [0.15, 0.2) is 11.5 Å². The number of rotatable bonds is 5. The van der Waals surface area contributed by atoms with Gasteiger partial charge in [-0.25, -0.2) is 4.98 Å². The van der Waals surface area contributed by atoms with E-state index >= 15 is 0 Å². The third-order valence-corrected chi connectivity index (χ3v) is 3.66. The Hall–Kier alpha value is -2.62. The zero-order chi connectivity index (χ0) is 16.2. The van der Waals surface area contributed by atoms with E-state index in [-0.39, 0.29) is 5.97 Å². The van der Waals surface area contributed by atoms with Crippen LogP contribution in [0.1, 0.15) is 29.9 Å². The van der Waals surface area contributed by atoms with Crippen molar-refractivity contribution in [1.29, 1.82) is 0 Å². The van der Waals surface area contributed by atoms with Crippen LogP contribution < -0.4 is 4.74 Å². The maximum Gasteiger partial charge on any atom is 0.311 e. The molecular formula is C19H19NO3. The first kappa shape index (κ1) is 15.3. The van der Waals surface area contributed by atoms with Crippen LogP contribution in [0.2, 0.25) is 0 Å². The van der Waals surface area contributed by atoms with Crippen LogP contribution in [-0.2, 0) is 11.2 Å². The van der Waals surface area contributed by atoms with E-state index < -0.39 is 0 Å². The minimum atomic E-state index is -0.225. The molecule has 0 aliphatic carbocycles. The highest BCUT2D eigenvalue weighted by atomic mass is 16.5. The molecule has 4 nitrogen and oxygen atoms in total. The van der Waals surface area contributed by atoms with Crippen molar-refractivity contribution in [2.75, 3.05) is 0 Å². The van der Waals surface area contributed by atoms with Gasteiger partial charge in [0.25, 0.3) is 0 Å². The Labute approximate surface area is 135 Å². The van der Waals surface area contributed by atoms with Crippen LogP contribution in [0.25, 0.3) is 11.1 Å². The summed E-state index contributed by atoms with van der Waals surface area (Å²) in [4.78, 5) is 16.2. The number of aryl methyl sites for hydroxylation is 3. The van der Waals surface area contributed by atoms with Crippen molar-refractivity contribution in [3.05, 3.63) is 59.5 Å². The van der Waals surface area contributed by atoms with E-state index in [2.05, 4.69) is 36.2 Å². The van der Waals surface area contributed by atoms with Crippen LogP contribution >= 0.6 is 0 Å². The molecule has 0 N–H and O–H groups in total. The smallest absolute Gasteiger partial charge is 0.311 e. The summed E-state index contributed by atoms with van der Waals surface area (Å²) in [6.07, 6.45) is 2.04. The van der Waals surface area contributed by atoms with Crippen molar-refractivity contribution in [1.82, 2.24) is 4.98 Å². The topological polar surface area (TPSA) is 52.3 Å². The van der Waals surface area contributed by atoms with Gasteiger partial charge >= 0.3 is 5.97 Å². The minimum absolute atomic E-state index is 0.225. The molecule has 0 saturated carbocycles. The fourth-order valence-electron chi connectivity index (χ4n) is 2.46. The van der Waals surface area contributed by atoms with E-state index in [1.54, 1.807) is 25.1 Å². The summed E-state index contributed by atoms with van der Waals surface area (Å²) < 4.78 is 10.8. The summed E-state index contributed by atoms with van der Waals surface area (Å²) in [5, 5.41) is 0. The number of carbonyl (C=O) groups excluding carboxylic acids is 1. The molecule has 0 saturated heterocycles. The van der Waals surface area contributed by atoms with Gasteiger partial charge in [-0.05, 0) is 37.5 Å². The molecule has 3 rings (SSSR count). The Morgan fingerprint density at radius 3 is 2.70 bits per heavy atom. The second-order valence-electron chi connectivity index (χ2n) is 5.68. The van der Waals surface area contributed by atoms with E-state index in [9.17, 15) is 4.79 Å². The average molecular weight is 309 g/mol. The number of ether oxygens (including phenoxy) is 1. The molecule has 0 amide bonds. The van der Waals surface area contributed by atoms with Crippen LogP contribution in [0.15, 0.2) is 46.9 Å². The SMILES string of the molecule is Cc1ccc(CCCC(=O)Oc2ccc3oc(C)nc3c2)cc1. The van der Waals surface area contributed by atoms with Gasteiger partial charge in [0, 0.05) is 19.4 Å². The molecule has 23 heavy (non-hydrogen) atoms. The molecule has 0 fully saturated rings. The van der Waals surface area contributed by atoms with Gasteiger partial charge in [-0.1, -0.05) is 29.8 Å². The molecule has 0 radical (unpaired) electrons. The Kier molecular flexibility index (Phi) is 4.42. The third kappa shape index (κ3) is 3.97. The minimum Gasteiger partial charge on any atom is -0.441 e. The van der Waals surface area contributed by atoms with E-state index in [1.165, 1.54) is 11.1 Å². The lowest BCUT2D eigenvalue weighted by Gasteiger charge is -2.04. The predicted molar refractivity (Wildman–Crippen MR) is 88.5 cm³/mol. The van der Waals surface area contributed by atoms with Gasteiger partial charge in [-0.3, -0.25) is 4.79 Å². The standard InChI is InChI=1S/C19H19NO3/c1-13-6-8-15(9-7-13)4-3-5-19(21)23-16-10-11-18-17(12-16)20-14(2)22-18/h6-12H,3-5H2,1-2H3. The van der Waals surface area contributed by atoms with Crippen LogP contribution in [0.4, 0.5) is 0 Å². The summed E-state index contributed by atoms with van der Waals surface area (Å²) in [7, 11) is 0. The van der Waals surface area contributed by atoms with E-state index in [4.69, 9.17) is 9.15 Å². The zero-order valence-electron chi connectivity index (χ0n) is 13.3. The van der Waals surface area contributed by atoms with E-state index in [0.717, 1.165) is 12.8 Å². The van der Waals surface area contributed by atoms with Gasteiger partial charge in [-0.15, -0.1) is 0 Å². The van der Waals surface area contributed by atoms with E-state index in [1.807, 2.05) is 0 Å². The zero-order valence-corrected chi connectivity index (χ0v) is 13.3. The number of hydrogen-bond donors (Lipinski definition) is 0. The van der Waals surface area contributed by atoms with Crippen molar-refractivity contribution in [2.24, 2.45) is 0 Å². The number of aromatic nitrogens is 1. The van der Waals surface area contributed by atoms with Crippen molar-refractivity contribution in [3.8, 4) is 5.75 Å². The summed E-state index contributed by atoms with van der Waals surface area (Å²) in [6.45, 7) is 3.85. The molecule has 0 aliphatic heterocycles. The largest absolute Gasteiger partial charge is 0.441 e. The molecule has 0 atom stereocenters. The number of hydrogen-bond acceptors (Lipinski definition) is 4. The Balaban J connectivity index is 1.52. The van der Waals surface area contributed by atoms with Gasteiger partial charge in [-0.2, -0.15) is 0 Å². The van der Waals surface area contributed by atoms with Crippen molar-refractivity contribution in [2.45, 2.75) is 33.1 Å². The molecule has 0 unspecified atom stereocenters. The van der Waals surface area contributed by atoms with Gasteiger partial charge in [0.1, 0.15) is 11.3 Å². The van der Waals surface area contributed by atoms with Gasteiger partial charge in [0.2, 0.25) is 0 Å². The second kappa shape index (κ2) is 6.65. The summed E-state index contributed by atoms with van der Waals surface area (Å²) in [6, 6.07) is 13.6. The van der Waals surface area contributed by atoms with Crippen LogP contribution in [0, 0.1) is 13.8 Å². The second-order valence-corrected chi connectivity index (χ2v) is 5.68. The summed E-state index contributed by atoms with van der Waals surface area (Å²) >= 11 is 0. The molecule has 1 aromatic heterocycles. The molecule has 0 aliphatic rings. The highest BCUT2D eigenvalue weighted by Crippen LogP contribution is 2.21. The molecule has 3 aromatic rings. The number of fused-ring (bicyclic) bond motifs is 1. The molecule has 4 heteroatoms. The maximum absolute atomic E-state index is 11.9. The average Bonchev–Trinajstić information content (AvgIpc) is 2.88. The van der Waals surface area contributed by atoms with E-state index in [0.29, 0.717) is 29.2 Å². The van der Waals surface area contributed by atoms with Crippen molar-refractivity contribution >= 4 is 17.1 Å². The number of nitrogens with zero attached hydrogens (tertiary/aromatic N) is 1. The lowest BCUT2D eigenvalue weighted by atomic mass is 10.1. The lowest BCUT2D eigenvalue weighted by molar-refractivity contribution is -0.134. The first-order valence-corrected chi connectivity index (χ1v) is 7.73. The Morgan fingerprint density at radius 2 is 1.91 bits per heavy atom. The molecule has 118 valence electrons. The first-order valence-electron chi connectivity index (χ1n) is 7.73. The lowest BCUT2D eigenvalue weighted by Crippen LogP contribution is -2.08. The first-order chi connectivity index (χ1) is 11.1. The number of benzene rings is 2. The molecule has 0 spiro atoms. The summed E-state index contributed by atoms with van der Waals surface area (Å²) in [5.74, 6) is 0.879. The number of oxazole rings is 1. The quantitative estimate of drug-likeness (QED) is 0.518. The fourth-order valence-corrected chi connectivity index (χ4v) is 2.46. The Bertz CT molecular complexity index is 818. The normalized spacial score (nSPS) is 10.9. The van der Waals surface area contributed by atoms with Crippen molar-refractivity contribution < 1.29 is 13.9 Å². The Morgan fingerprint density at radius 1 is 1.13 bits per heavy atom. The van der Waals surface area contributed by atoms with Crippen LogP contribution in [-0.4, -0.2) is 11.0 Å². The predicted octanol–water partition coefficient (Wildman–Crippen LogP) is 4.37. The highest BCUT2D eigenvalue weighted by molar-refractivity contribution is 5.77. The number of esters is 1. The monoisotopic (exact) mass is 309 g/mol. The molecule has 2 aromatic carbocycles. The molecular weight excluding hydrogens is 290 g/mol. The highest BCUT2D eigenvalue weighted by Gasteiger charge is 2.08. The molecule has 0 bridgehead atoms. The maximum atomic E-state index is 11.9. The van der Waals surface area contributed by atoms with Crippen molar-refractivity contribution in [3.63, 3.8) is 0 Å². The van der Waals surface area contributed by atoms with Gasteiger partial charge < -0.3 is 9.15 Å². The molecule has 1 heterocycles. The third-order valence-electron chi connectivity index (χ3n) is 3.66. The summed E-state index contributed by atoms with van der Waals surface area (Å²) in [5.41, 5.74) is 3.88. The van der Waals surface area contributed by atoms with Crippen LogP contribution in [0.5, 0.6) is 5.75 Å².